The fourth-order valence-corrected chi connectivity index (χ4v) is 8.82. The molecule has 11 nitrogen and oxygen atoms in total. The molecule has 0 aliphatic carbocycles. The summed E-state index contributed by atoms with van der Waals surface area (Å²) >= 11 is 0. The standard InChI is InChI=1S/C39H67N5O6/c1-13-28(6)36(44(10,35(27(4)5)37(40)47)38(48)34(26(2)3)42(8)9)31(49-11)24-33(46)43-23-17-20-32(43)39(50-12,29(7)25-45)41-22-21-30-18-15-14-16-19-30/h14-16,18-19,25-29,31-32,34-36,41H,13,17,20-24H2,1-12H3,(H-,40,47)/p+1/t28-,29-,31+,32-,34-,35-,36-,39+,44?/m0/s1. The number of hydrogen-bond donors (Lipinski definition) is 2. The van der Waals surface area contributed by atoms with Crippen LogP contribution >= 0.6 is 0 Å². The molecule has 284 valence electrons. The van der Waals surface area contributed by atoms with Gasteiger partial charge >= 0.3 is 5.91 Å². The van der Waals surface area contributed by atoms with Crippen LogP contribution in [0.4, 0.5) is 0 Å². The van der Waals surface area contributed by atoms with E-state index in [1.807, 2.05) is 90.7 Å². The largest absolute Gasteiger partial charge is 0.375 e. The lowest BCUT2D eigenvalue weighted by molar-refractivity contribution is -0.888. The molecule has 3 amide bonds. The predicted molar refractivity (Wildman–Crippen MR) is 198 cm³/mol. The van der Waals surface area contributed by atoms with Crippen LogP contribution in [0.5, 0.6) is 0 Å². The highest BCUT2D eigenvalue weighted by atomic mass is 16.5. The first-order chi connectivity index (χ1) is 23.5. The lowest BCUT2D eigenvalue weighted by Crippen LogP contribution is -2.74. The van der Waals surface area contributed by atoms with Crippen LogP contribution in [0.2, 0.25) is 0 Å². The summed E-state index contributed by atoms with van der Waals surface area (Å²) in [5.74, 6) is -1.79. The summed E-state index contributed by atoms with van der Waals surface area (Å²) < 4.78 is 12.1. The van der Waals surface area contributed by atoms with Crippen LogP contribution in [-0.4, -0.2) is 123 Å². The molecule has 9 atom stereocenters. The van der Waals surface area contributed by atoms with Gasteiger partial charge in [-0.15, -0.1) is 0 Å². The maximum atomic E-state index is 15.0. The molecule has 0 saturated carbocycles. The topological polar surface area (TPSA) is 131 Å². The molecule has 0 radical (unpaired) electrons. The number of rotatable bonds is 21. The Balaban J connectivity index is 2.61. The zero-order chi connectivity index (χ0) is 38.0. The summed E-state index contributed by atoms with van der Waals surface area (Å²) in [5.41, 5.74) is 6.20. The average Bonchev–Trinajstić information content (AvgIpc) is 3.56. The number of methoxy groups -OCH3 is 2. The number of nitrogens with one attached hydrogen (secondary N) is 1. The highest BCUT2D eigenvalue weighted by Gasteiger charge is 2.58. The molecule has 2 rings (SSSR count). The summed E-state index contributed by atoms with van der Waals surface area (Å²) in [6.45, 7) is 14.8. The van der Waals surface area contributed by atoms with Crippen molar-refractivity contribution in [2.75, 3.05) is 48.5 Å². The van der Waals surface area contributed by atoms with Crippen molar-refractivity contribution in [2.45, 2.75) is 117 Å². The number of primary amides is 1. The average molecular weight is 703 g/mol. The molecule has 50 heavy (non-hydrogen) atoms. The summed E-state index contributed by atoms with van der Waals surface area (Å²) in [5, 5.41) is 3.56. The summed E-state index contributed by atoms with van der Waals surface area (Å²) in [4.78, 5) is 59.0. The molecule has 1 aromatic rings. The van der Waals surface area contributed by atoms with Gasteiger partial charge in [0.2, 0.25) is 5.91 Å². The molecular formula is C39H68N5O6+. The molecule has 1 fully saturated rings. The van der Waals surface area contributed by atoms with Crippen LogP contribution in [0.1, 0.15) is 79.7 Å². The minimum absolute atomic E-state index is 0.0136. The molecule has 0 aromatic heterocycles. The van der Waals surface area contributed by atoms with Crippen LogP contribution in [0, 0.1) is 23.7 Å². The van der Waals surface area contributed by atoms with Crippen LogP contribution in [0.3, 0.4) is 0 Å². The molecule has 1 aliphatic rings. The van der Waals surface area contributed by atoms with E-state index in [4.69, 9.17) is 15.2 Å². The molecule has 0 bridgehead atoms. The lowest BCUT2D eigenvalue weighted by atomic mass is 9.83. The van der Waals surface area contributed by atoms with Gasteiger partial charge in [0.05, 0.1) is 25.4 Å². The van der Waals surface area contributed by atoms with E-state index < -0.39 is 47.8 Å². The van der Waals surface area contributed by atoms with Gasteiger partial charge in [0.25, 0.3) is 5.91 Å². The third-order valence-electron chi connectivity index (χ3n) is 11.3. The van der Waals surface area contributed by atoms with Crippen LogP contribution in [0.25, 0.3) is 0 Å². The molecular weight excluding hydrogens is 634 g/mol. The third-order valence-corrected chi connectivity index (χ3v) is 11.3. The minimum Gasteiger partial charge on any atom is -0.375 e. The number of benzene rings is 1. The predicted octanol–water partition coefficient (Wildman–Crippen LogP) is 3.88. The van der Waals surface area contributed by atoms with E-state index in [0.717, 1.165) is 24.7 Å². The van der Waals surface area contributed by atoms with Crippen LogP contribution < -0.4 is 11.1 Å². The van der Waals surface area contributed by atoms with E-state index >= 15 is 0 Å². The third kappa shape index (κ3) is 9.39. The van der Waals surface area contributed by atoms with E-state index in [9.17, 15) is 19.2 Å². The number of carbonyl (C=O) groups excluding carboxylic acids is 4. The number of likely N-dealkylation sites (tertiary alicyclic amines) is 1. The number of nitrogens with zero attached hydrogens (tertiary/aromatic N) is 3. The Bertz CT molecular complexity index is 1240. The number of quaternary nitrogens is 1. The SMILES string of the molecule is CC[C@H](C)[C@@H]([C@@H](CC(=O)N1CCC[C@H]1[C@](NCCc1ccccc1)(OC)[C@@H](C)C=O)OC)[N+](C)(C(=O)[C@H](C(C)C)N(C)C)[C@H](C(N)=O)C(C)C. The Morgan fingerprint density at radius 3 is 2.16 bits per heavy atom. The smallest absolute Gasteiger partial charge is 0.331 e. The maximum Gasteiger partial charge on any atom is 0.331 e. The normalized spacial score (nSPS) is 21.3. The minimum atomic E-state index is -1.10. The molecule has 1 aromatic carbocycles. The first-order valence-corrected chi connectivity index (χ1v) is 18.5. The molecule has 1 unspecified atom stereocenters. The molecule has 1 heterocycles. The molecule has 1 aliphatic heterocycles. The van der Waals surface area contributed by atoms with Crippen molar-refractivity contribution in [3.63, 3.8) is 0 Å². The van der Waals surface area contributed by atoms with Crippen molar-refractivity contribution < 1.29 is 33.1 Å². The van der Waals surface area contributed by atoms with Gasteiger partial charge in [-0.25, -0.2) is 9.28 Å². The second-order valence-corrected chi connectivity index (χ2v) is 15.4. The first kappa shape index (κ1) is 43.5. The number of aldehydes is 1. The monoisotopic (exact) mass is 703 g/mol. The number of hydrogen-bond acceptors (Lipinski definition) is 8. The number of nitrogens with two attached hydrogens (primary N) is 1. The van der Waals surface area contributed by atoms with Gasteiger partial charge in [0.15, 0.2) is 6.04 Å². The zero-order valence-electron chi connectivity index (χ0n) is 33.0. The highest BCUT2D eigenvalue weighted by molar-refractivity contribution is 5.84. The summed E-state index contributed by atoms with van der Waals surface area (Å²) in [7, 11) is 8.74. The Hall–Kier alpha value is -2.70. The van der Waals surface area contributed by atoms with Crippen molar-refractivity contribution in [1.82, 2.24) is 15.1 Å². The Labute approximate surface area is 302 Å². The van der Waals surface area contributed by atoms with Gasteiger partial charge in [-0.3, -0.25) is 19.8 Å². The van der Waals surface area contributed by atoms with Gasteiger partial charge in [0.1, 0.15) is 30.2 Å². The van der Waals surface area contributed by atoms with Crippen LogP contribution in [-0.2, 0) is 35.1 Å². The fraction of sp³-hybridized carbons (Fsp3) is 0.744. The lowest BCUT2D eigenvalue weighted by Gasteiger charge is -2.51. The number of amides is 3. The number of ether oxygens (including phenoxy) is 2. The Morgan fingerprint density at radius 1 is 1.08 bits per heavy atom. The number of carbonyl (C=O) groups is 4. The van der Waals surface area contributed by atoms with Crippen LogP contribution in [0.15, 0.2) is 30.3 Å². The van der Waals surface area contributed by atoms with E-state index in [2.05, 4.69) is 24.4 Å². The summed E-state index contributed by atoms with van der Waals surface area (Å²) in [6, 6.07) is 7.77. The highest BCUT2D eigenvalue weighted by Crippen LogP contribution is 2.37. The number of likely N-dealkylation sites (N-methyl/N-ethyl adjacent to an activating group) is 2. The molecule has 0 spiro atoms. The van der Waals surface area contributed by atoms with Crippen molar-refractivity contribution >= 4 is 24.0 Å². The molecule has 3 N–H and O–H groups in total. The van der Waals surface area contributed by atoms with Gasteiger partial charge in [0, 0.05) is 39.1 Å². The van der Waals surface area contributed by atoms with E-state index in [1.54, 1.807) is 14.2 Å². The second-order valence-electron chi connectivity index (χ2n) is 15.4. The van der Waals surface area contributed by atoms with Gasteiger partial charge in [-0.1, -0.05) is 78.8 Å². The Morgan fingerprint density at radius 2 is 1.70 bits per heavy atom. The maximum absolute atomic E-state index is 15.0. The quantitative estimate of drug-likeness (QED) is 0.112. The summed E-state index contributed by atoms with van der Waals surface area (Å²) in [6.07, 6.45) is 2.99. The van der Waals surface area contributed by atoms with Gasteiger partial charge < -0.3 is 24.9 Å². The first-order valence-electron chi connectivity index (χ1n) is 18.5. The fourth-order valence-electron chi connectivity index (χ4n) is 8.82. The second kappa shape index (κ2) is 19.2. The van der Waals surface area contributed by atoms with Crippen molar-refractivity contribution in [3.05, 3.63) is 35.9 Å². The zero-order valence-corrected chi connectivity index (χ0v) is 33.0. The van der Waals surface area contributed by atoms with Crippen molar-refractivity contribution in [3.8, 4) is 0 Å². The molecule has 1 saturated heterocycles. The van der Waals surface area contributed by atoms with E-state index in [-0.39, 0.29) is 40.5 Å². The van der Waals surface area contributed by atoms with Gasteiger partial charge in [-0.05, 0) is 51.3 Å². The Kier molecular flexibility index (Phi) is 16.7. The van der Waals surface area contributed by atoms with E-state index in [1.165, 1.54) is 0 Å². The van der Waals surface area contributed by atoms with E-state index in [0.29, 0.717) is 25.9 Å². The van der Waals surface area contributed by atoms with Crippen molar-refractivity contribution in [2.24, 2.45) is 29.4 Å². The molecule has 11 heteroatoms. The van der Waals surface area contributed by atoms with Gasteiger partial charge in [-0.2, -0.15) is 0 Å². The van der Waals surface area contributed by atoms with Crippen molar-refractivity contribution in [1.29, 1.82) is 0 Å².